The second-order valence-corrected chi connectivity index (χ2v) is 5.93. The number of aryl methyl sites for hydroxylation is 1. The Labute approximate surface area is 134 Å². The highest BCUT2D eigenvalue weighted by atomic mass is 35.5. The molecule has 0 aliphatic carbocycles. The number of rotatable bonds is 6. The fraction of sp³-hybridized carbons (Fsp3) is 0.231. The number of hydrogen-bond donors (Lipinski definition) is 3. The maximum absolute atomic E-state index is 10.9. The quantitative estimate of drug-likeness (QED) is 0.600. The molecule has 0 saturated carbocycles. The normalized spacial score (nSPS) is 10.8. The van der Waals surface area contributed by atoms with Crippen LogP contribution < -0.4 is 11.0 Å². The van der Waals surface area contributed by atoms with Gasteiger partial charge < -0.3 is 5.32 Å². The molecule has 7 nitrogen and oxygen atoms in total. The molecule has 0 spiro atoms. The van der Waals surface area contributed by atoms with Crippen molar-refractivity contribution in [1.82, 2.24) is 25.4 Å². The number of aromatic nitrogens is 5. The van der Waals surface area contributed by atoms with Gasteiger partial charge in [0.2, 0.25) is 5.13 Å². The highest BCUT2D eigenvalue weighted by Crippen LogP contribution is 2.31. The van der Waals surface area contributed by atoms with Gasteiger partial charge in [-0.25, -0.2) is 9.89 Å². The van der Waals surface area contributed by atoms with E-state index in [4.69, 9.17) is 11.6 Å². The predicted octanol–water partition coefficient (Wildman–Crippen LogP) is 2.31. The van der Waals surface area contributed by atoms with Gasteiger partial charge in [-0.2, -0.15) is 5.10 Å². The van der Waals surface area contributed by atoms with Crippen molar-refractivity contribution in [1.29, 1.82) is 0 Å². The molecule has 0 aliphatic heterocycles. The van der Waals surface area contributed by atoms with E-state index in [-0.39, 0.29) is 5.69 Å². The van der Waals surface area contributed by atoms with Crippen LogP contribution in [-0.2, 0) is 6.42 Å². The molecule has 0 amide bonds. The summed E-state index contributed by atoms with van der Waals surface area (Å²) in [6.07, 6.45) is 1.50. The monoisotopic (exact) mass is 336 g/mol. The summed E-state index contributed by atoms with van der Waals surface area (Å²) in [5.74, 6) is 0.654. The van der Waals surface area contributed by atoms with Crippen LogP contribution >= 0.6 is 22.9 Å². The third-order valence-electron chi connectivity index (χ3n) is 2.95. The topological polar surface area (TPSA) is 99.3 Å². The van der Waals surface area contributed by atoms with E-state index in [9.17, 15) is 4.79 Å². The molecule has 2 heterocycles. The fourth-order valence-electron chi connectivity index (χ4n) is 1.91. The number of aromatic amines is 2. The molecule has 2 aromatic heterocycles. The molecule has 0 aliphatic rings. The smallest absolute Gasteiger partial charge is 0.340 e. The summed E-state index contributed by atoms with van der Waals surface area (Å²) in [4.78, 5) is 13.5. The van der Waals surface area contributed by atoms with Crippen LogP contribution in [0, 0.1) is 0 Å². The Bertz CT molecular complexity index is 810. The summed E-state index contributed by atoms with van der Waals surface area (Å²) in [5.41, 5.74) is 0.597. The van der Waals surface area contributed by atoms with Gasteiger partial charge in [-0.1, -0.05) is 41.1 Å². The zero-order valence-electron chi connectivity index (χ0n) is 11.5. The maximum Gasteiger partial charge on any atom is 0.340 e. The molecule has 114 valence electrons. The van der Waals surface area contributed by atoms with Crippen molar-refractivity contribution < 1.29 is 0 Å². The van der Waals surface area contributed by atoms with Gasteiger partial charge in [0, 0.05) is 18.5 Å². The number of H-pyrrole nitrogens is 2. The van der Waals surface area contributed by atoms with E-state index >= 15 is 0 Å². The van der Waals surface area contributed by atoms with Crippen LogP contribution in [-0.4, -0.2) is 31.9 Å². The van der Waals surface area contributed by atoms with Gasteiger partial charge in [0.05, 0.1) is 5.02 Å². The molecular weight excluding hydrogens is 324 g/mol. The van der Waals surface area contributed by atoms with Crippen molar-refractivity contribution in [2.24, 2.45) is 0 Å². The van der Waals surface area contributed by atoms with Gasteiger partial charge in [-0.15, -0.1) is 10.2 Å². The van der Waals surface area contributed by atoms with Crippen molar-refractivity contribution in [2.45, 2.75) is 12.8 Å². The first-order valence-electron chi connectivity index (χ1n) is 6.68. The van der Waals surface area contributed by atoms with Gasteiger partial charge in [0.15, 0.2) is 5.01 Å². The van der Waals surface area contributed by atoms with E-state index in [1.807, 2.05) is 24.3 Å². The molecule has 0 radical (unpaired) electrons. The second-order valence-electron chi connectivity index (χ2n) is 4.55. The lowest BCUT2D eigenvalue weighted by molar-refractivity contribution is 0.804. The van der Waals surface area contributed by atoms with Crippen LogP contribution in [0.2, 0.25) is 5.02 Å². The van der Waals surface area contributed by atoms with Crippen molar-refractivity contribution in [3.8, 4) is 10.6 Å². The Kier molecular flexibility index (Phi) is 4.50. The largest absolute Gasteiger partial charge is 0.360 e. The van der Waals surface area contributed by atoms with Gasteiger partial charge in [-0.3, -0.25) is 4.98 Å². The Balaban J connectivity index is 1.54. The maximum atomic E-state index is 10.9. The summed E-state index contributed by atoms with van der Waals surface area (Å²) in [6, 6.07) is 7.54. The first-order chi connectivity index (χ1) is 10.7. The van der Waals surface area contributed by atoms with E-state index < -0.39 is 0 Å². The lowest BCUT2D eigenvalue weighted by Crippen LogP contribution is -2.04. The van der Waals surface area contributed by atoms with Crippen LogP contribution in [0.25, 0.3) is 10.6 Å². The molecule has 3 aromatic rings. The SMILES string of the molecule is O=c1[nH]nc(CCCNc2nnc(-c3ccccc3Cl)s2)[nH]1. The van der Waals surface area contributed by atoms with Gasteiger partial charge in [0.25, 0.3) is 0 Å². The number of hydrogen-bond acceptors (Lipinski definition) is 6. The number of benzene rings is 1. The third kappa shape index (κ3) is 3.52. The zero-order chi connectivity index (χ0) is 15.4. The van der Waals surface area contributed by atoms with Crippen LogP contribution in [0.4, 0.5) is 5.13 Å². The second kappa shape index (κ2) is 6.71. The van der Waals surface area contributed by atoms with Crippen LogP contribution in [0.15, 0.2) is 29.1 Å². The number of halogens is 1. The standard InChI is InChI=1S/C13H13ClN6OS/c14-9-5-2-1-4-8(9)11-18-20-13(22-11)15-7-3-6-10-16-12(21)19-17-10/h1-2,4-5H,3,6-7H2,(H,15,20)(H2,16,17,19,21). The third-order valence-corrected chi connectivity index (χ3v) is 4.19. The summed E-state index contributed by atoms with van der Waals surface area (Å²) >= 11 is 7.60. The molecule has 0 atom stereocenters. The molecular formula is C13H13ClN6OS. The number of anilines is 1. The Morgan fingerprint density at radius 1 is 1.27 bits per heavy atom. The Morgan fingerprint density at radius 3 is 2.91 bits per heavy atom. The summed E-state index contributed by atoms with van der Waals surface area (Å²) < 4.78 is 0. The van der Waals surface area contributed by atoms with E-state index in [0.717, 1.165) is 22.1 Å². The highest BCUT2D eigenvalue weighted by Gasteiger charge is 2.09. The summed E-state index contributed by atoms with van der Waals surface area (Å²) in [7, 11) is 0. The number of nitrogens with zero attached hydrogens (tertiary/aromatic N) is 3. The lowest BCUT2D eigenvalue weighted by atomic mass is 10.2. The van der Waals surface area contributed by atoms with E-state index in [2.05, 4.69) is 30.7 Å². The zero-order valence-corrected chi connectivity index (χ0v) is 13.0. The van der Waals surface area contributed by atoms with Gasteiger partial charge in [0.1, 0.15) is 5.82 Å². The predicted molar refractivity (Wildman–Crippen MR) is 86.4 cm³/mol. The van der Waals surface area contributed by atoms with Crippen LogP contribution in [0.5, 0.6) is 0 Å². The molecule has 9 heteroatoms. The minimum absolute atomic E-state index is 0.281. The summed E-state index contributed by atoms with van der Waals surface area (Å²) in [5, 5.41) is 19.8. The molecule has 3 N–H and O–H groups in total. The van der Waals surface area contributed by atoms with E-state index in [0.29, 0.717) is 23.8 Å². The molecule has 22 heavy (non-hydrogen) atoms. The first-order valence-corrected chi connectivity index (χ1v) is 7.87. The first kappa shape index (κ1) is 14.7. The molecule has 0 saturated heterocycles. The van der Waals surface area contributed by atoms with Gasteiger partial charge >= 0.3 is 5.69 Å². The highest BCUT2D eigenvalue weighted by molar-refractivity contribution is 7.18. The Morgan fingerprint density at radius 2 is 2.14 bits per heavy atom. The van der Waals surface area contributed by atoms with Gasteiger partial charge in [-0.05, 0) is 12.5 Å². The van der Waals surface area contributed by atoms with Crippen LogP contribution in [0.3, 0.4) is 0 Å². The fourth-order valence-corrected chi connectivity index (χ4v) is 3.00. The van der Waals surface area contributed by atoms with Crippen molar-refractivity contribution >= 4 is 28.1 Å². The molecule has 3 rings (SSSR count). The summed E-state index contributed by atoms with van der Waals surface area (Å²) in [6.45, 7) is 0.714. The average molecular weight is 337 g/mol. The van der Waals surface area contributed by atoms with Crippen molar-refractivity contribution in [3.63, 3.8) is 0 Å². The molecule has 1 aromatic carbocycles. The molecule has 0 unspecified atom stereocenters. The van der Waals surface area contributed by atoms with E-state index in [1.165, 1.54) is 11.3 Å². The molecule has 0 fully saturated rings. The minimum atomic E-state index is -0.281. The van der Waals surface area contributed by atoms with Crippen molar-refractivity contribution in [2.75, 3.05) is 11.9 Å². The molecule has 0 bridgehead atoms. The van der Waals surface area contributed by atoms with Crippen LogP contribution in [0.1, 0.15) is 12.2 Å². The average Bonchev–Trinajstić information content (AvgIpc) is 3.13. The minimum Gasteiger partial charge on any atom is -0.360 e. The van der Waals surface area contributed by atoms with Crippen molar-refractivity contribution in [3.05, 3.63) is 45.6 Å². The lowest BCUT2D eigenvalue weighted by Gasteiger charge is -2.00. The van der Waals surface area contributed by atoms with E-state index in [1.54, 1.807) is 0 Å². The number of nitrogens with one attached hydrogen (secondary N) is 3. The Hall–Kier alpha value is -2.19.